The fourth-order valence-electron chi connectivity index (χ4n) is 3.25. The van der Waals surface area contributed by atoms with Crippen molar-refractivity contribution in [3.05, 3.63) is 106 Å². The largest absolute Gasteiger partial charge is 0.391 e. The maximum atomic E-state index is 13.2. The topological polar surface area (TPSA) is 111 Å². The summed E-state index contributed by atoms with van der Waals surface area (Å²) >= 11 is 0. The Balaban J connectivity index is 1.54. The third-order valence-corrected chi connectivity index (χ3v) is 5.16. The smallest absolute Gasteiger partial charge is 0.268 e. The summed E-state index contributed by atoms with van der Waals surface area (Å²) < 4.78 is 13.2. The third-order valence-electron chi connectivity index (χ3n) is 5.16. The molecule has 7 nitrogen and oxygen atoms in total. The van der Waals surface area contributed by atoms with Gasteiger partial charge in [-0.1, -0.05) is 36.1 Å². The number of benzene rings is 3. The van der Waals surface area contributed by atoms with Gasteiger partial charge in [-0.05, 0) is 66.6 Å². The van der Waals surface area contributed by atoms with Crippen LogP contribution in [0.25, 0.3) is 0 Å². The summed E-state index contributed by atoms with van der Waals surface area (Å²) in [5.74, 6) is 4.37. The second kappa shape index (κ2) is 12.4. The number of hydroxylamine groups is 1. The molecule has 0 saturated heterocycles. The predicted molar refractivity (Wildman–Crippen MR) is 129 cm³/mol. The minimum Gasteiger partial charge on any atom is -0.391 e. The van der Waals surface area contributed by atoms with E-state index in [1.165, 1.54) is 24.5 Å². The zero-order valence-electron chi connectivity index (χ0n) is 19.1. The van der Waals surface area contributed by atoms with Gasteiger partial charge in [0.15, 0.2) is 0 Å². The van der Waals surface area contributed by atoms with Crippen LogP contribution in [0.2, 0.25) is 0 Å². The van der Waals surface area contributed by atoms with Gasteiger partial charge in [-0.2, -0.15) is 0 Å². The highest BCUT2D eigenvalue weighted by Gasteiger charge is 2.25. The van der Waals surface area contributed by atoms with Crippen molar-refractivity contribution in [2.24, 2.45) is 0 Å². The number of hydrogen-bond donors (Lipinski definition) is 5. The fourth-order valence-corrected chi connectivity index (χ4v) is 3.25. The molecular formula is C27H26FN3O4. The molecule has 180 valence electrons. The van der Waals surface area contributed by atoms with Gasteiger partial charge in [-0.15, -0.1) is 0 Å². The molecule has 0 radical (unpaired) electrons. The van der Waals surface area contributed by atoms with E-state index in [0.29, 0.717) is 18.7 Å². The summed E-state index contributed by atoms with van der Waals surface area (Å²) in [6.45, 7) is 2.54. The van der Waals surface area contributed by atoms with Crippen LogP contribution in [0.3, 0.4) is 0 Å². The Bertz CT molecular complexity index is 1220. The predicted octanol–water partition coefficient (Wildman–Crippen LogP) is 2.50. The van der Waals surface area contributed by atoms with Crippen LogP contribution in [0.5, 0.6) is 0 Å². The molecule has 2 unspecified atom stereocenters. The summed E-state index contributed by atoms with van der Waals surface area (Å²) in [6.07, 6.45) is -1.19. The van der Waals surface area contributed by atoms with E-state index in [1.54, 1.807) is 30.3 Å². The Labute approximate surface area is 203 Å². The van der Waals surface area contributed by atoms with Crippen molar-refractivity contribution in [3.8, 4) is 11.8 Å². The van der Waals surface area contributed by atoms with E-state index in [0.717, 1.165) is 16.7 Å². The van der Waals surface area contributed by atoms with Gasteiger partial charge in [0.05, 0.1) is 6.10 Å². The fraction of sp³-hybridized carbons (Fsp3) is 0.185. The maximum absolute atomic E-state index is 13.2. The van der Waals surface area contributed by atoms with E-state index >= 15 is 0 Å². The lowest BCUT2D eigenvalue weighted by Gasteiger charge is -2.19. The van der Waals surface area contributed by atoms with E-state index in [-0.39, 0.29) is 11.4 Å². The molecule has 2 atom stereocenters. The summed E-state index contributed by atoms with van der Waals surface area (Å²) in [4.78, 5) is 23.9. The SMILES string of the molecule is CC(O)C(NC(=O)c1ccc(C#Cc2ccc(CNCc3cccc(F)c3)cc2)cc1)C(=O)NO. The number of rotatable bonds is 8. The average molecular weight is 476 g/mol. The van der Waals surface area contributed by atoms with Crippen LogP contribution in [0.4, 0.5) is 4.39 Å². The summed E-state index contributed by atoms with van der Waals surface area (Å²) in [6, 6.07) is 19.4. The highest BCUT2D eigenvalue weighted by Crippen LogP contribution is 2.08. The number of aliphatic hydroxyl groups excluding tert-OH is 1. The highest BCUT2D eigenvalue weighted by atomic mass is 19.1. The minimum absolute atomic E-state index is 0.248. The summed E-state index contributed by atoms with van der Waals surface area (Å²) in [7, 11) is 0. The average Bonchev–Trinajstić information content (AvgIpc) is 2.86. The second-order valence-corrected chi connectivity index (χ2v) is 7.93. The van der Waals surface area contributed by atoms with Crippen molar-refractivity contribution in [1.29, 1.82) is 0 Å². The number of carbonyl (C=O) groups excluding carboxylic acids is 2. The van der Waals surface area contributed by atoms with Crippen molar-refractivity contribution in [1.82, 2.24) is 16.1 Å². The van der Waals surface area contributed by atoms with Gasteiger partial charge in [0.2, 0.25) is 0 Å². The first-order valence-corrected chi connectivity index (χ1v) is 10.9. The molecule has 8 heteroatoms. The van der Waals surface area contributed by atoms with Crippen LogP contribution >= 0.6 is 0 Å². The molecule has 0 heterocycles. The number of aliphatic hydroxyl groups is 1. The number of hydrogen-bond acceptors (Lipinski definition) is 5. The molecule has 0 spiro atoms. The standard InChI is InChI=1S/C27H26FN3O4/c1-18(32)25(27(34)31-35)30-26(33)23-13-11-20(12-14-23)6-5-19-7-9-21(10-8-19)16-29-17-22-3-2-4-24(28)15-22/h2-4,7-15,18,25,29,32,35H,16-17H2,1H3,(H,30,33)(H,31,34). The summed E-state index contributed by atoms with van der Waals surface area (Å²) in [5.41, 5.74) is 5.18. The van der Waals surface area contributed by atoms with Crippen molar-refractivity contribution >= 4 is 11.8 Å². The number of halogens is 1. The lowest BCUT2D eigenvalue weighted by atomic mass is 10.1. The first-order valence-electron chi connectivity index (χ1n) is 10.9. The summed E-state index contributed by atoms with van der Waals surface area (Å²) in [5, 5.41) is 24.0. The van der Waals surface area contributed by atoms with Crippen molar-refractivity contribution in [2.45, 2.75) is 32.2 Å². The molecule has 2 amide bonds. The molecule has 0 aliphatic heterocycles. The molecule has 0 aliphatic rings. The minimum atomic E-state index is -1.29. The van der Waals surface area contributed by atoms with Gasteiger partial charge in [-0.3, -0.25) is 14.8 Å². The van der Waals surface area contributed by atoms with Gasteiger partial charge in [-0.25, -0.2) is 9.87 Å². The molecule has 3 rings (SSSR count). The lowest BCUT2D eigenvalue weighted by Crippen LogP contribution is -2.51. The first-order chi connectivity index (χ1) is 16.9. The molecule has 3 aromatic carbocycles. The molecule has 0 aromatic heterocycles. The first kappa shape index (κ1) is 25.6. The van der Waals surface area contributed by atoms with Crippen LogP contribution in [-0.2, 0) is 17.9 Å². The zero-order valence-corrected chi connectivity index (χ0v) is 19.1. The van der Waals surface area contributed by atoms with E-state index < -0.39 is 24.0 Å². The van der Waals surface area contributed by atoms with Gasteiger partial charge in [0, 0.05) is 29.8 Å². The molecule has 0 saturated carbocycles. The Morgan fingerprint density at radius 2 is 1.51 bits per heavy atom. The van der Waals surface area contributed by atoms with E-state index in [9.17, 15) is 19.1 Å². The van der Waals surface area contributed by atoms with Crippen molar-refractivity contribution < 1.29 is 24.3 Å². The van der Waals surface area contributed by atoms with E-state index in [2.05, 4.69) is 22.5 Å². The van der Waals surface area contributed by atoms with Crippen LogP contribution < -0.4 is 16.1 Å². The monoisotopic (exact) mass is 475 g/mol. The van der Waals surface area contributed by atoms with E-state index in [1.807, 2.05) is 30.3 Å². The number of nitrogens with one attached hydrogen (secondary N) is 3. The van der Waals surface area contributed by atoms with Crippen LogP contribution in [-0.4, -0.2) is 34.3 Å². The molecule has 5 N–H and O–H groups in total. The van der Waals surface area contributed by atoms with Crippen molar-refractivity contribution in [2.75, 3.05) is 0 Å². The van der Waals surface area contributed by atoms with E-state index in [4.69, 9.17) is 5.21 Å². The van der Waals surface area contributed by atoms with Crippen molar-refractivity contribution in [3.63, 3.8) is 0 Å². The molecule has 3 aromatic rings. The number of carbonyl (C=O) groups is 2. The van der Waals surface area contributed by atoms with Crippen LogP contribution in [0.1, 0.15) is 39.5 Å². The Morgan fingerprint density at radius 3 is 2.09 bits per heavy atom. The highest BCUT2D eigenvalue weighted by molar-refractivity contribution is 5.97. The van der Waals surface area contributed by atoms with Crippen LogP contribution in [0, 0.1) is 17.7 Å². The molecule has 35 heavy (non-hydrogen) atoms. The quantitative estimate of drug-likeness (QED) is 0.195. The second-order valence-electron chi connectivity index (χ2n) is 7.93. The molecule has 0 fully saturated rings. The molecule has 0 bridgehead atoms. The van der Waals surface area contributed by atoms with Gasteiger partial charge in [0.25, 0.3) is 11.8 Å². The normalized spacial score (nSPS) is 12.1. The molecule has 0 aliphatic carbocycles. The van der Waals surface area contributed by atoms with Gasteiger partial charge in [0.1, 0.15) is 11.9 Å². The molecular weight excluding hydrogens is 449 g/mol. The Kier molecular flexibility index (Phi) is 9.09. The zero-order chi connectivity index (χ0) is 25.2. The maximum Gasteiger partial charge on any atom is 0.268 e. The Hall–Kier alpha value is -4.03. The third kappa shape index (κ3) is 7.76. The van der Waals surface area contributed by atoms with Crippen LogP contribution in [0.15, 0.2) is 72.8 Å². The van der Waals surface area contributed by atoms with Gasteiger partial charge >= 0.3 is 0 Å². The lowest BCUT2D eigenvalue weighted by molar-refractivity contribution is -0.133. The van der Waals surface area contributed by atoms with Gasteiger partial charge < -0.3 is 15.7 Å². The number of amides is 2. The Morgan fingerprint density at radius 1 is 0.914 bits per heavy atom.